The van der Waals surface area contributed by atoms with Crippen LogP contribution in [-0.2, 0) is 0 Å². The zero-order chi connectivity index (χ0) is 8.39. The van der Waals surface area contributed by atoms with Crippen LogP contribution in [-0.4, -0.2) is 10.1 Å². The predicted octanol–water partition coefficient (Wildman–Crippen LogP) is 1.32. The topological polar surface area (TPSA) is 64.9 Å². The molecule has 4 heteroatoms. The van der Waals surface area contributed by atoms with Crippen LogP contribution in [0.25, 0.3) is 11.1 Å². The number of nitrogens with zero attached hydrogens (tertiary/aromatic N) is 2. The third-order valence-corrected chi connectivity index (χ3v) is 1.55. The lowest BCUT2D eigenvalue weighted by Crippen LogP contribution is -1.88. The van der Waals surface area contributed by atoms with Crippen LogP contribution in [0, 0.1) is 0 Å². The number of nitrogen functional groups attached to an aromatic ring is 1. The first-order valence-corrected chi connectivity index (χ1v) is 3.47. The van der Waals surface area contributed by atoms with Gasteiger partial charge in [0.15, 0.2) is 0 Å². The second-order valence-corrected chi connectivity index (χ2v) is 2.38. The van der Waals surface area contributed by atoms with Crippen molar-refractivity contribution in [2.24, 2.45) is 0 Å². The summed E-state index contributed by atoms with van der Waals surface area (Å²) in [6.07, 6.45) is 4.88. The minimum absolute atomic E-state index is 0.509. The van der Waals surface area contributed by atoms with Crippen molar-refractivity contribution in [1.29, 1.82) is 0 Å². The lowest BCUT2D eigenvalue weighted by atomic mass is 10.2. The molecule has 0 unspecified atom stereocenters. The Morgan fingerprint density at radius 1 is 1.17 bits per heavy atom. The lowest BCUT2D eigenvalue weighted by molar-refractivity contribution is 0.420. The molecule has 0 aliphatic heterocycles. The van der Waals surface area contributed by atoms with Crippen molar-refractivity contribution in [3.63, 3.8) is 0 Å². The summed E-state index contributed by atoms with van der Waals surface area (Å²) in [7, 11) is 0. The van der Waals surface area contributed by atoms with E-state index >= 15 is 0 Å². The fourth-order valence-corrected chi connectivity index (χ4v) is 0.923. The monoisotopic (exact) mass is 161 g/mol. The molecule has 2 aromatic heterocycles. The van der Waals surface area contributed by atoms with E-state index in [-0.39, 0.29) is 0 Å². The van der Waals surface area contributed by atoms with E-state index in [1.165, 1.54) is 0 Å². The maximum Gasteiger partial charge on any atom is 0.131 e. The second-order valence-electron chi connectivity index (χ2n) is 2.38. The first-order valence-electron chi connectivity index (χ1n) is 3.47. The van der Waals surface area contributed by atoms with Crippen molar-refractivity contribution in [2.75, 3.05) is 5.73 Å². The van der Waals surface area contributed by atoms with Crippen LogP contribution in [0.4, 0.5) is 5.82 Å². The molecule has 4 nitrogen and oxygen atoms in total. The molecule has 0 aliphatic carbocycles. The first kappa shape index (κ1) is 6.84. The summed E-state index contributed by atoms with van der Waals surface area (Å²) in [5.41, 5.74) is 7.28. The average Bonchev–Trinajstić information content (AvgIpc) is 2.58. The minimum atomic E-state index is 0.509. The van der Waals surface area contributed by atoms with Crippen molar-refractivity contribution in [3.8, 4) is 11.1 Å². The van der Waals surface area contributed by atoms with Gasteiger partial charge >= 0.3 is 0 Å². The molecule has 60 valence electrons. The summed E-state index contributed by atoms with van der Waals surface area (Å²) in [6.45, 7) is 0. The Morgan fingerprint density at radius 3 is 2.67 bits per heavy atom. The van der Waals surface area contributed by atoms with Gasteiger partial charge in [0.25, 0.3) is 0 Å². The van der Waals surface area contributed by atoms with E-state index in [4.69, 9.17) is 10.3 Å². The van der Waals surface area contributed by atoms with Crippen LogP contribution in [0.15, 0.2) is 35.3 Å². The van der Waals surface area contributed by atoms with E-state index in [1.807, 2.05) is 6.07 Å². The molecule has 12 heavy (non-hydrogen) atoms. The highest BCUT2D eigenvalue weighted by atomic mass is 16.5. The largest absolute Gasteiger partial charge is 0.384 e. The predicted molar refractivity (Wildman–Crippen MR) is 44.1 cm³/mol. The molecule has 2 N–H and O–H groups in total. The average molecular weight is 161 g/mol. The highest BCUT2D eigenvalue weighted by Gasteiger charge is 1.98. The number of rotatable bonds is 1. The summed E-state index contributed by atoms with van der Waals surface area (Å²) in [6, 6.07) is 3.61. The molecule has 0 spiro atoms. The van der Waals surface area contributed by atoms with Gasteiger partial charge < -0.3 is 10.3 Å². The molecule has 0 aliphatic rings. The number of pyridine rings is 1. The lowest BCUT2D eigenvalue weighted by Gasteiger charge is -1.94. The van der Waals surface area contributed by atoms with Gasteiger partial charge in [-0.25, -0.2) is 4.98 Å². The van der Waals surface area contributed by atoms with Crippen LogP contribution in [0.1, 0.15) is 0 Å². The van der Waals surface area contributed by atoms with Crippen LogP contribution in [0.3, 0.4) is 0 Å². The van der Waals surface area contributed by atoms with Gasteiger partial charge in [-0.1, -0.05) is 5.16 Å². The SMILES string of the molecule is Nc1ccc(-c2cnoc2)cn1. The Labute approximate surface area is 69.0 Å². The Balaban J connectivity index is 2.43. The second kappa shape index (κ2) is 2.65. The molecule has 0 saturated heterocycles. The van der Waals surface area contributed by atoms with Crippen LogP contribution < -0.4 is 5.73 Å². The maximum absolute atomic E-state index is 5.43. The fourth-order valence-electron chi connectivity index (χ4n) is 0.923. The Morgan fingerprint density at radius 2 is 2.08 bits per heavy atom. The number of hydrogen-bond donors (Lipinski definition) is 1. The Hall–Kier alpha value is -1.84. The standard InChI is InChI=1S/C8H7N3O/c9-8-2-1-6(3-10-8)7-4-11-12-5-7/h1-5H,(H2,9,10). The van der Waals surface area contributed by atoms with E-state index in [0.29, 0.717) is 5.82 Å². The molecule has 0 fully saturated rings. The summed E-state index contributed by atoms with van der Waals surface area (Å²) < 4.78 is 4.69. The molecular formula is C8H7N3O. The molecule has 2 aromatic rings. The third-order valence-electron chi connectivity index (χ3n) is 1.55. The van der Waals surface area contributed by atoms with E-state index < -0.39 is 0 Å². The summed E-state index contributed by atoms with van der Waals surface area (Å²) in [5, 5.41) is 3.59. The molecule has 0 saturated carbocycles. The summed E-state index contributed by atoms with van der Waals surface area (Å²) in [4.78, 5) is 3.94. The normalized spacial score (nSPS) is 10.0. The van der Waals surface area contributed by atoms with Gasteiger partial charge in [-0.05, 0) is 12.1 Å². The Kier molecular flexibility index (Phi) is 1.51. The zero-order valence-corrected chi connectivity index (χ0v) is 6.27. The van der Waals surface area contributed by atoms with Gasteiger partial charge in [0.2, 0.25) is 0 Å². The molecule has 2 heterocycles. The van der Waals surface area contributed by atoms with Crippen LogP contribution >= 0.6 is 0 Å². The highest BCUT2D eigenvalue weighted by Crippen LogP contribution is 2.17. The van der Waals surface area contributed by atoms with E-state index in [1.54, 1.807) is 24.7 Å². The van der Waals surface area contributed by atoms with Crippen LogP contribution in [0.2, 0.25) is 0 Å². The van der Waals surface area contributed by atoms with Gasteiger partial charge in [-0.2, -0.15) is 0 Å². The quantitative estimate of drug-likeness (QED) is 0.685. The third kappa shape index (κ3) is 1.14. The van der Waals surface area contributed by atoms with Gasteiger partial charge in [0.1, 0.15) is 12.1 Å². The fraction of sp³-hybridized carbons (Fsp3) is 0. The molecule has 0 bridgehead atoms. The smallest absolute Gasteiger partial charge is 0.131 e. The van der Waals surface area contributed by atoms with Crippen molar-refractivity contribution >= 4 is 5.82 Å². The van der Waals surface area contributed by atoms with Crippen molar-refractivity contribution < 1.29 is 4.52 Å². The number of hydrogen-bond acceptors (Lipinski definition) is 4. The molecular weight excluding hydrogens is 154 g/mol. The molecule has 0 radical (unpaired) electrons. The van der Waals surface area contributed by atoms with Gasteiger partial charge in [-0.15, -0.1) is 0 Å². The van der Waals surface area contributed by atoms with E-state index in [2.05, 4.69) is 10.1 Å². The Bertz CT molecular complexity index is 352. The number of aromatic nitrogens is 2. The zero-order valence-electron chi connectivity index (χ0n) is 6.27. The number of nitrogens with two attached hydrogens (primary N) is 1. The molecule has 0 aromatic carbocycles. The van der Waals surface area contributed by atoms with Crippen LogP contribution in [0.5, 0.6) is 0 Å². The number of anilines is 1. The van der Waals surface area contributed by atoms with Gasteiger partial charge in [-0.3, -0.25) is 0 Å². The summed E-state index contributed by atoms with van der Waals surface area (Å²) in [5.74, 6) is 0.509. The van der Waals surface area contributed by atoms with Gasteiger partial charge in [0, 0.05) is 17.3 Å². The van der Waals surface area contributed by atoms with Crippen molar-refractivity contribution in [1.82, 2.24) is 10.1 Å². The van der Waals surface area contributed by atoms with E-state index in [9.17, 15) is 0 Å². The minimum Gasteiger partial charge on any atom is -0.384 e. The molecule has 0 atom stereocenters. The molecule has 2 rings (SSSR count). The van der Waals surface area contributed by atoms with E-state index in [0.717, 1.165) is 11.1 Å². The first-order chi connectivity index (χ1) is 5.86. The van der Waals surface area contributed by atoms with Gasteiger partial charge in [0.05, 0.1) is 6.20 Å². The highest BCUT2D eigenvalue weighted by molar-refractivity contribution is 5.60. The maximum atomic E-state index is 5.43. The van der Waals surface area contributed by atoms with Crippen molar-refractivity contribution in [2.45, 2.75) is 0 Å². The summed E-state index contributed by atoms with van der Waals surface area (Å²) >= 11 is 0. The van der Waals surface area contributed by atoms with Crippen molar-refractivity contribution in [3.05, 3.63) is 30.8 Å². The molecule has 0 amide bonds.